The third-order valence-corrected chi connectivity index (χ3v) is 4.69. The van der Waals surface area contributed by atoms with Gasteiger partial charge in [0.1, 0.15) is 11.9 Å². The number of nitrogens with zero attached hydrogens (tertiary/aromatic N) is 4. The Kier molecular flexibility index (Phi) is 4.89. The van der Waals surface area contributed by atoms with Gasteiger partial charge in [-0.2, -0.15) is 0 Å². The monoisotopic (exact) mass is 357 g/mol. The van der Waals surface area contributed by atoms with Crippen molar-refractivity contribution in [3.63, 3.8) is 0 Å². The second kappa shape index (κ2) is 7.10. The number of aromatic nitrogens is 4. The number of carbonyl (C=O) groups is 1. The number of amides is 1. The number of hydrogen-bond acceptors (Lipinski definition) is 6. The van der Waals surface area contributed by atoms with E-state index in [1.807, 2.05) is 49.7 Å². The van der Waals surface area contributed by atoms with Gasteiger partial charge in [-0.05, 0) is 43.0 Å². The van der Waals surface area contributed by atoms with Gasteiger partial charge in [-0.15, -0.1) is 10.2 Å². The van der Waals surface area contributed by atoms with Crippen molar-refractivity contribution in [2.45, 2.75) is 36.7 Å². The van der Waals surface area contributed by atoms with E-state index in [0.29, 0.717) is 22.7 Å². The first kappa shape index (κ1) is 17.2. The van der Waals surface area contributed by atoms with Gasteiger partial charge in [0, 0.05) is 23.5 Å². The summed E-state index contributed by atoms with van der Waals surface area (Å²) in [7, 11) is 1.89. The molecular weight excluding hydrogens is 338 g/mol. The van der Waals surface area contributed by atoms with Crippen LogP contribution in [0.15, 0.2) is 45.2 Å². The summed E-state index contributed by atoms with van der Waals surface area (Å²) in [6, 6.07) is 7.57. The van der Waals surface area contributed by atoms with Crippen LogP contribution in [-0.4, -0.2) is 25.8 Å². The Morgan fingerprint density at radius 2 is 2.00 bits per heavy atom. The highest BCUT2D eigenvalue weighted by molar-refractivity contribution is 7.99. The maximum absolute atomic E-state index is 12.6. The predicted molar refractivity (Wildman–Crippen MR) is 94.9 cm³/mol. The largest absolute Gasteiger partial charge is 0.360 e. The fraction of sp³-hybridized carbons (Fsp3) is 0.294. The summed E-state index contributed by atoms with van der Waals surface area (Å²) in [5, 5.41) is 15.5. The SMILES string of the molecule is Cc1noc(C(C)C)c1C(=O)Nc1ccc(Sc2nncn2C)cc1. The van der Waals surface area contributed by atoms with Crippen molar-refractivity contribution in [2.75, 3.05) is 5.32 Å². The van der Waals surface area contributed by atoms with Crippen molar-refractivity contribution in [1.82, 2.24) is 19.9 Å². The zero-order valence-corrected chi connectivity index (χ0v) is 15.3. The molecule has 0 atom stereocenters. The van der Waals surface area contributed by atoms with Crippen LogP contribution in [0.5, 0.6) is 0 Å². The molecule has 0 aliphatic heterocycles. The van der Waals surface area contributed by atoms with Crippen LogP contribution in [-0.2, 0) is 7.05 Å². The molecule has 0 aliphatic carbocycles. The third-order valence-electron chi connectivity index (χ3n) is 3.63. The molecule has 2 heterocycles. The van der Waals surface area contributed by atoms with Gasteiger partial charge < -0.3 is 14.4 Å². The van der Waals surface area contributed by atoms with Crippen molar-refractivity contribution >= 4 is 23.4 Å². The Balaban J connectivity index is 1.72. The molecule has 25 heavy (non-hydrogen) atoms. The molecule has 0 spiro atoms. The molecule has 8 heteroatoms. The minimum absolute atomic E-state index is 0.0899. The van der Waals surface area contributed by atoms with Gasteiger partial charge in [0.05, 0.1) is 5.69 Å². The van der Waals surface area contributed by atoms with Gasteiger partial charge in [0.25, 0.3) is 5.91 Å². The maximum Gasteiger partial charge on any atom is 0.261 e. The number of carbonyl (C=O) groups excluding carboxylic acids is 1. The molecule has 1 aromatic carbocycles. The Morgan fingerprint density at radius 3 is 2.60 bits per heavy atom. The molecular formula is C17H19N5O2S. The van der Waals surface area contributed by atoms with E-state index in [4.69, 9.17) is 4.52 Å². The van der Waals surface area contributed by atoms with Crippen LogP contribution in [0.3, 0.4) is 0 Å². The summed E-state index contributed by atoms with van der Waals surface area (Å²) >= 11 is 1.51. The van der Waals surface area contributed by atoms with Crippen molar-refractivity contribution in [1.29, 1.82) is 0 Å². The molecule has 0 radical (unpaired) electrons. The fourth-order valence-corrected chi connectivity index (χ4v) is 3.09. The number of hydrogen-bond donors (Lipinski definition) is 1. The zero-order chi connectivity index (χ0) is 18.0. The standard InChI is InChI=1S/C17H19N5O2S/c1-10(2)15-14(11(3)21-24-15)16(23)19-12-5-7-13(8-6-12)25-17-20-18-9-22(17)4/h5-10H,1-4H3,(H,19,23). The van der Waals surface area contributed by atoms with E-state index < -0.39 is 0 Å². The lowest BCUT2D eigenvalue weighted by molar-refractivity contribution is 0.102. The van der Waals surface area contributed by atoms with Gasteiger partial charge >= 0.3 is 0 Å². The first-order valence-corrected chi connectivity index (χ1v) is 8.66. The first-order chi connectivity index (χ1) is 12.0. The maximum atomic E-state index is 12.6. The smallest absolute Gasteiger partial charge is 0.261 e. The van der Waals surface area contributed by atoms with Crippen LogP contribution in [0, 0.1) is 6.92 Å². The first-order valence-electron chi connectivity index (χ1n) is 7.85. The molecule has 0 saturated heterocycles. The van der Waals surface area contributed by atoms with Gasteiger partial charge in [-0.25, -0.2) is 0 Å². The quantitative estimate of drug-likeness (QED) is 0.750. The van der Waals surface area contributed by atoms with Crippen LogP contribution >= 0.6 is 11.8 Å². The minimum Gasteiger partial charge on any atom is -0.360 e. The Labute approximate surface area is 149 Å². The second-order valence-electron chi connectivity index (χ2n) is 5.97. The van der Waals surface area contributed by atoms with Crippen molar-refractivity contribution < 1.29 is 9.32 Å². The van der Waals surface area contributed by atoms with Crippen LogP contribution in [0.25, 0.3) is 0 Å². The molecule has 2 aromatic heterocycles. The number of rotatable bonds is 5. The third kappa shape index (κ3) is 3.74. The van der Waals surface area contributed by atoms with Gasteiger partial charge in [0.15, 0.2) is 10.9 Å². The molecule has 3 aromatic rings. The molecule has 0 bridgehead atoms. The van der Waals surface area contributed by atoms with Crippen molar-refractivity contribution in [3.05, 3.63) is 47.6 Å². The normalized spacial score (nSPS) is 11.1. The summed E-state index contributed by atoms with van der Waals surface area (Å²) in [5.74, 6) is 0.479. The number of aryl methyl sites for hydroxylation is 2. The lowest BCUT2D eigenvalue weighted by Gasteiger charge is -2.08. The summed E-state index contributed by atoms with van der Waals surface area (Å²) < 4.78 is 7.13. The molecule has 0 saturated carbocycles. The highest BCUT2D eigenvalue weighted by Gasteiger charge is 2.22. The van der Waals surface area contributed by atoms with Crippen molar-refractivity contribution in [2.24, 2.45) is 7.05 Å². The van der Waals surface area contributed by atoms with Gasteiger partial charge in [-0.1, -0.05) is 19.0 Å². The Morgan fingerprint density at radius 1 is 1.28 bits per heavy atom. The summed E-state index contributed by atoms with van der Waals surface area (Å²) in [4.78, 5) is 13.6. The van der Waals surface area contributed by atoms with E-state index in [2.05, 4.69) is 20.7 Å². The molecule has 130 valence electrons. The summed E-state index contributed by atoms with van der Waals surface area (Å²) in [6.45, 7) is 5.70. The Bertz CT molecular complexity index is 883. The molecule has 0 fully saturated rings. The van der Waals surface area contributed by atoms with E-state index in [-0.39, 0.29) is 11.8 Å². The summed E-state index contributed by atoms with van der Waals surface area (Å²) in [6.07, 6.45) is 1.66. The Hall–Kier alpha value is -2.61. The molecule has 3 rings (SSSR count). The van der Waals surface area contributed by atoms with Crippen molar-refractivity contribution in [3.8, 4) is 0 Å². The van der Waals surface area contributed by atoms with Crippen LogP contribution < -0.4 is 5.32 Å². The van der Waals surface area contributed by atoms with Gasteiger partial charge in [-0.3, -0.25) is 4.79 Å². The average molecular weight is 357 g/mol. The predicted octanol–water partition coefficient (Wildman–Crippen LogP) is 3.64. The van der Waals surface area contributed by atoms with Crippen LogP contribution in [0.2, 0.25) is 0 Å². The minimum atomic E-state index is -0.212. The van der Waals surface area contributed by atoms with E-state index >= 15 is 0 Å². The highest BCUT2D eigenvalue weighted by atomic mass is 32.2. The average Bonchev–Trinajstić information content (AvgIpc) is 3.15. The highest BCUT2D eigenvalue weighted by Crippen LogP contribution is 2.27. The fourth-order valence-electron chi connectivity index (χ4n) is 2.33. The van der Waals surface area contributed by atoms with E-state index in [0.717, 1.165) is 10.1 Å². The van der Waals surface area contributed by atoms with E-state index in [9.17, 15) is 4.79 Å². The van der Waals surface area contributed by atoms with E-state index in [1.54, 1.807) is 13.3 Å². The second-order valence-corrected chi connectivity index (χ2v) is 7.01. The molecule has 1 N–H and O–H groups in total. The number of nitrogens with one attached hydrogen (secondary N) is 1. The topological polar surface area (TPSA) is 85.8 Å². The molecule has 0 unspecified atom stereocenters. The molecule has 0 aliphatic rings. The van der Waals surface area contributed by atoms with Crippen LogP contribution in [0.4, 0.5) is 5.69 Å². The lowest BCUT2D eigenvalue weighted by Crippen LogP contribution is -2.14. The van der Waals surface area contributed by atoms with E-state index in [1.165, 1.54) is 11.8 Å². The van der Waals surface area contributed by atoms with Crippen LogP contribution in [0.1, 0.15) is 41.6 Å². The zero-order valence-electron chi connectivity index (χ0n) is 14.5. The molecule has 7 nitrogen and oxygen atoms in total. The number of benzene rings is 1. The number of anilines is 1. The lowest BCUT2D eigenvalue weighted by atomic mass is 10.0. The molecule has 1 amide bonds. The van der Waals surface area contributed by atoms with Gasteiger partial charge in [0.2, 0.25) is 0 Å². The summed E-state index contributed by atoms with van der Waals surface area (Å²) in [5.41, 5.74) is 1.81.